The third-order valence-corrected chi connectivity index (χ3v) is 3.79. The molecule has 3 aromatic rings. The molecular formula is C17H19N3O2. The highest BCUT2D eigenvalue weighted by atomic mass is 16.5. The zero-order valence-corrected chi connectivity index (χ0v) is 12.6. The molecule has 0 bridgehead atoms. The van der Waals surface area contributed by atoms with Crippen molar-refractivity contribution in [1.29, 1.82) is 0 Å². The Balaban J connectivity index is 1.70. The standard InChI is InChI=1S/C17H19N3O2/c1-11(13-4-3-5-14(9-13)22-2)18-10-12-6-7-15-16(8-12)20-17(21)19-15/h3-9,11,18H,10H2,1-2H3,(H2,19,20,21). The third-order valence-electron chi connectivity index (χ3n) is 3.79. The number of hydrogen-bond donors (Lipinski definition) is 3. The fourth-order valence-electron chi connectivity index (χ4n) is 2.49. The van der Waals surface area contributed by atoms with E-state index in [9.17, 15) is 4.79 Å². The number of hydrogen-bond acceptors (Lipinski definition) is 3. The average molecular weight is 297 g/mol. The smallest absolute Gasteiger partial charge is 0.323 e. The summed E-state index contributed by atoms with van der Waals surface area (Å²) < 4.78 is 5.25. The highest BCUT2D eigenvalue weighted by Crippen LogP contribution is 2.19. The molecule has 0 amide bonds. The Hall–Kier alpha value is -2.53. The van der Waals surface area contributed by atoms with Gasteiger partial charge in [0.25, 0.3) is 0 Å². The summed E-state index contributed by atoms with van der Waals surface area (Å²) in [7, 11) is 1.67. The lowest BCUT2D eigenvalue weighted by Gasteiger charge is -2.15. The van der Waals surface area contributed by atoms with Gasteiger partial charge in [0.05, 0.1) is 18.1 Å². The number of nitrogens with one attached hydrogen (secondary N) is 3. The van der Waals surface area contributed by atoms with Crippen molar-refractivity contribution in [1.82, 2.24) is 15.3 Å². The van der Waals surface area contributed by atoms with E-state index in [1.54, 1.807) is 7.11 Å². The SMILES string of the molecule is COc1cccc(C(C)NCc2ccc3[nH]c(=O)[nH]c3c2)c1. The van der Waals surface area contributed by atoms with Gasteiger partial charge in [0, 0.05) is 12.6 Å². The number of benzene rings is 2. The van der Waals surface area contributed by atoms with E-state index in [1.807, 2.05) is 36.4 Å². The summed E-state index contributed by atoms with van der Waals surface area (Å²) >= 11 is 0. The van der Waals surface area contributed by atoms with Crippen LogP contribution in [0.1, 0.15) is 24.1 Å². The van der Waals surface area contributed by atoms with Crippen LogP contribution in [0.15, 0.2) is 47.3 Å². The van der Waals surface area contributed by atoms with Gasteiger partial charge in [0.15, 0.2) is 0 Å². The maximum absolute atomic E-state index is 11.3. The molecule has 1 aromatic heterocycles. The molecule has 1 unspecified atom stereocenters. The summed E-state index contributed by atoms with van der Waals surface area (Å²) in [5.41, 5.74) is 3.78. The Labute approximate surface area is 128 Å². The van der Waals surface area contributed by atoms with E-state index in [0.29, 0.717) is 0 Å². The van der Waals surface area contributed by atoms with Crippen molar-refractivity contribution in [3.63, 3.8) is 0 Å². The summed E-state index contributed by atoms with van der Waals surface area (Å²) in [6, 6.07) is 14.2. The second-order valence-electron chi connectivity index (χ2n) is 5.34. The zero-order chi connectivity index (χ0) is 15.5. The molecular weight excluding hydrogens is 278 g/mol. The van der Waals surface area contributed by atoms with E-state index < -0.39 is 0 Å². The van der Waals surface area contributed by atoms with Gasteiger partial charge in [-0.1, -0.05) is 18.2 Å². The van der Waals surface area contributed by atoms with Crippen molar-refractivity contribution >= 4 is 11.0 Å². The van der Waals surface area contributed by atoms with Gasteiger partial charge in [0.2, 0.25) is 0 Å². The molecule has 0 saturated heterocycles. The van der Waals surface area contributed by atoms with E-state index in [-0.39, 0.29) is 11.7 Å². The Bertz CT molecular complexity index is 835. The molecule has 0 aliphatic rings. The molecule has 2 aromatic carbocycles. The molecule has 0 aliphatic carbocycles. The fourth-order valence-corrected chi connectivity index (χ4v) is 2.49. The Morgan fingerprint density at radius 2 is 1.95 bits per heavy atom. The lowest BCUT2D eigenvalue weighted by molar-refractivity contribution is 0.413. The zero-order valence-electron chi connectivity index (χ0n) is 12.6. The van der Waals surface area contributed by atoms with Gasteiger partial charge in [-0.15, -0.1) is 0 Å². The second-order valence-corrected chi connectivity index (χ2v) is 5.34. The number of methoxy groups -OCH3 is 1. The van der Waals surface area contributed by atoms with Gasteiger partial charge < -0.3 is 20.0 Å². The minimum Gasteiger partial charge on any atom is -0.497 e. The normalized spacial score (nSPS) is 12.5. The molecule has 114 valence electrons. The largest absolute Gasteiger partial charge is 0.497 e. The van der Waals surface area contributed by atoms with Crippen LogP contribution < -0.4 is 15.7 Å². The number of aromatic amines is 2. The molecule has 5 nitrogen and oxygen atoms in total. The van der Waals surface area contributed by atoms with Crippen molar-refractivity contribution in [2.24, 2.45) is 0 Å². The summed E-state index contributed by atoms with van der Waals surface area (Å²) in [5, 5.41) is 3.48. The summed E-state index contributed by atoms with van der Waals surface area (Å²) in [6.45, 7) is 2.84. The average Bonchev–Trinajstić information content (AvgIpc) is 2.91. The number of aromatic nitrogens is 2. The van der Waals surface area contributed by atoms with Crippen molar-refractivity contribution in [3.05, 3.63) is 64.1 Å². The van der Waals surface area contributed by atoms with Crippen LogP contribution in [0.2, 0.25) is 0 Å². The van der Waals surface area contributed by atoms with Gasteiger partial charge in [0.1, 0.15) is 5.75 Å². The first-order valence-electron chi connectivity index (χ1n) is 7.24. The molecule has 3 N–H and O–H groups in total. The van der Waals surface area contributed by atoms with E-state index >= 15 is 0 Å². The number of rotatable bonds is 5. The van der Waals surface area contributed by atoms with Crippen molar-refractivity contribution in [2.75, 3.05) is 7.11 Å². The van der Waals surface area contributed by atoms with Crippen LogP contribution >= 0.6 is 0 Å². The van der Waals surface area contributed by atoms with E-state index in [1.165, 1.54) is 5.56 Å². The molecule has 22 heavy (non-hydrogen) atoms. The highest BCUT2D eigenvalue weighted by molar-refractivity contribution is 5.74. The van der Waals surface area contributed by atoms with Crippen LogP contribution in [-0.2, 0) is 6.54 Å². The van der Waals surface area contributed by atoms with Crippen molar-refractivity contribution in [3.8, 4) is 5.75 Å². The first kappa shape index (κ1) is 14.4. The molecule has 3 rings (SSSR count). The molecule has 1 heterocycles. The van der Waals surface area contributed by atoms with Crippen LogP contribution in [-0.4, -0.2) is 17.1 Å². The minimum atomic E-state index is -0.176. The molecule has 0 fully saturated rings. The number of ether oxygens (including phenoxy) is 1. The number of imidazole rings is 1. The Kier molecular flexibility index (Phi) is 3.98. The highest BCUT2D eigenvalue weighted by Gasteiger charge is 2.07. The first-order chi connectivity index (χ1) is 10.7. The monoisotopic (exact) mass is 297 g/mol. The predicted molar refractivity (Wildman–Crippen MR) is 87.2 cm³/mol. The summed E-state index contributed by atoms with van der Waals surface area (Å²) in [4.78, 5) is 16.8. The molecule has 0 radical (unpaired) electrons. The van der Waals surface area contributed by atoms with Crippen LogP contribution in [0.4, 0.5) is 0 Å². The number of H-pyrrole nitrogens is 2. The number of fused-ring (bicyclic) bond motifs is 1. The quantitative estimate of drug-likeness (QED) is 0.678. The van der Waals surface area contributed by atoms with Gasteiger partial charge in [-0.2, -0.15) is 0 Å². The minimum absolute atomic E-state index is 0.176. The van der Waals surface area contributed by atoms with E-state index in [4.69, 9.17) is 4.74 Å². The van der Waals surface area contributed by atoms with Gasteiger partial charge >= 0.3 is 5.69 Å². The second kappa shape index (κ2) is 6.07. The van der Waals surface area contributed by atoms with Crippen LogP contribution in [0, 0.1) is 0 Å². The van der Waals surface area contributed by atoms with Gasteiger partial charge in [-0.3, -0.25) is 0 Å². The molecule has 0 spiro atoms. The summed E-state index contributed by atoms with van der Waals surface area (Å²) in [6.07, 6.45) is 0. The fraction of sp³-hybridized carbons (Fsp3) is 0.235. The Morgan fingerprint density at radius 1 is 1.14 bits per heavy atom. The third kappa shape index (κ3) is 3.04. The molecule has 5 heteroatoms. The van der Waals surface area contributed by atoms with Gasteiger partial charge in [-0.25, -0.2) is 4.79 Å². The molecule has 0 aliphatic heterocycles. The summed E-state index contributed by atoms with van der Waals surface area (Å²) in [5.74, 6) is 0.859. The maximum atomic E-state index is 11.3. The molecule has 1 atom stereocenters. The molecule has 0 saturated carbocycles. The van der Waals surface area contributed by atoms with Crippen LogP contribution in [0.3, 0.4) is 0 Å². The van der Waals surface area contributed by atoms with E-state index in [0.717, 1.165) is 28.9 Å². The lowest BCUT2D eigenvalue weighted by atomic mass is 10.1. The van der Waals surface area contributed by atoms with Crippen LogP contribution in [0.25, 0.3) is 11.0 Å². The predicted octanol–water partition coefficient (Wildman–Crippen LogP) is 2.72. The topological polar surface area (TPSA) is 69.9 Å². The van der Waals surface area contributed by atoms with Crippen LogP contribution in [0.5, 0.6) is 5.75 Å². The Morgan fingerprint density at radius 3 is 2.77 bits per heavy atom. The first-order valence-corrected chi connectivity index (χ1v) is 7.24. The van der Waals surface area contributed by atoms with Gasteiger partial charge in [-0.05, 0) is 42.3 Å². The van der Waals surface area contributed by atoms with Crippen molar-refractivity contribution < 1.29 is 4.74 Å². The van der Waals surface area contributed by atoms with E-state index in [2.05, 4.69) is 28.3 Å². The lowest BCUT2D eigenvalue weighted by Crippen LogP contribution is -2.18. The maximum Gasteiger partial charge on any atom is 0.323 e. The van der Waals surface area contributed by atoms with Crippen molar-refractivity contribution in [2.45, 2.75) is 19.5 Å².